The second kappa shape index (κ2) is 5.76. The molecule has 1 saturated heterocycles. The zero-order valence-electron chi connectivity index (χ0n) is 9.63. The van der Waals surface area contributed by atoms with Gasteiger partial charge in [-0.2, -0.15) is 0 Å². The lowest BCUT2D eigenvalue weighted by Crippen LogP contribution is -2.44. The summed E-state index contributed by atoms with van der Waals surface area (Å²) in [6.07, 6.45) is 1.92. The lowest BCUT2D eigenvalue weighted by Gasteiger charge is -2.33. The van der Waals surface area contributed by atoms with Gasteiger partial charge in [-0.05, 0) is 17.7 Å². The Hall–Kier alpha value is -0.710. The minimum atomic E-state index is -0.219. The Kier molecular flexibility index (Phi) is 4.31. The van der Waals surface area contributed by atoms with Crippen LogP contribution >= 0.6 is 15.9 Å². The summed E-state index contributed by atoms with van der Waals surface area (Å²) in [6, 6.07) is 4.98. The summed E-state index contributed by atoms with van der Waals surface area (Å²) in [7, 11) is 0. The van der Waals surface area contributed by atoms with Crippen LogP contribution in [0.3, 0.4) is 0 Å². The molecule has 1 aromatic rings. The molecule has 0 saturated carbocycles. The highest BCUT2D eigenvalue weighted by Gasteiger charge is 2.21. The van der Waals surface area contributed by atoms with Crippen molar-refractivity contribution in [1.29, 1.82) is 0 Å². The molecule has 2 rings (SSSR count). The monoisotopic (exact) mass is 298 g/mol. The number of nitrogens with zero attached hydrogens (tertiary/aromatic N) is 1. The Morgan fingerprint density at radius 1 is 1.41 bits per heavy atom. The maximum atomic E-state index is 13.1. The van der Waals surface area contributed by atoms with E-state index < -0.39 is 0 Å². The summed E-state index contributed by atoms with van der Waals surface area (Å²) in [5.41, 5.74) is 1.07. The van der Waals surface area contributed by atoms with E-state index in [1.807, 2.05) is 12.1 Å². The fourth-order valence-electron chi connectivity index (χ4n) is 2.17. The molecule has 17 heavy (non-hydrogen) atoms. The normalized spacial score (nSPS) is 18.9. The van der Waals surface area contributed by atoms with Crippen LogP contribution in [-0.2, 0) is 0 Å². The van der Waals surface area contributed by atoms with E-state index in [4.69, 9.17) is 0 Å². The van der Waals surface area contributed by atoms with E-state index in [1.54, 1.807) is 0 Å². The molecule has 0 amide bonds. The van der Waals surface area contributed by atoms with Gasteiger partial charge in [0.1, 0.15) is 5.82 Å². The van der Waals surface area contributed by atoms with Crippen molar-refractivity contribution in [2.75, 3.05) is 26.2 Å². The van der Waals surface area contributed by atoms with Crippen molar-refractivity contribution in [3.05, 3.63) is 46.7 Å². The number of rotatable bonds is 3. The summed E-state index contributed by atoms with van der Waals surface area (Å²) < 4.78 is 13.9. The summed E-state index contributed by atoms with van der Waals surface area (Å²) in [4.78, 5) is 2.35. The highest BCUT2D eigenvalue weighted by atomic mass is 79.9. The summed E-state index contributed by atoms with van der Waals surface area (Å²) in [5, 5.41) is 3.32. The number of hydrogen-bond acceptors (Lipinski definition) is 2. The molecule has 1 fully saturated rings. The van der Waals surface area contributed by atoms with Gasteiger partial charge in [0.2, 0.25) is 0 Å². The quantitative estimate of drug-likeness (QED) is 0.863. The summed E-state index contributed by atoms with van der Waals surface area (Å²) >= 11 is 3.43. The third-order valence-electron chi connectivity index (χ3n) is 3.05. The zero-order chi connectivity index (χ0) is 12.3. The van der Waals surface area contributed by atoms with Crippen molar-refractivity contribution in [3.63, 3.8) is 0 Å². The maximum absolute atomic E-state index is 13.1. The van der Waals surface area contributed by atoms with Crippen molar-refractivity contribution in [2.24, 2.45) is 0 Å². The number of halogens is 2. The molecule has 0 radical (unpaired) electrons. The fourth-order valence-corrected chi connectivity index (χ4v) is 2.76. The van der Waals surface area contributed by atoms with Gasteiger partial charge in [-0.3, -0.25) is 4.90 Å². The molecule has 4 heteroatoms. The van der Waals surface area contributed by atoms with Gasteiger partial charge in [-0.25, -0.2) is 4.39 Å². The average molecular weight is 299 g/mol. The van der Waals surface area contributed by atoms with Crippen LogP contribution in [0, 0.1) is 5.82 Å². The second-order valence-electron chi connectivity index (χ2n) is 4.13. The summed E-state index contributed by atoms with van der Waals surface area (Å²) in [6.45, 7) is 7.85. The van der Waals surface area contributed by atoms with E-state index in [9.17, 15) is 4.39 Å². The Bertz CT molecular complexity index is 402. The Morgan fingerprint density at radius 2 is 2.12 bits per heavy atom. The van der Waals surface area contributed by atoms with Gasteiger partial charge in [0, 0.05) is 30.7 Å². The van der Waals surface area contributed by atoms with Crippen molar-refractivity contribution in [1.82, 2.24) is 10.2 Å². The van der Waals surface area contributed by atoms with Gasteiger partial charge in [0.05, 0.1) is 6.04 Å². The van der Waals surface area contributed by atoms with Crippen LogP contribution in [-0.4, -0.2) is 31.1 Å². The zero-order valence-corrected chi connectivity index (χ0v) is 11.2. The number of benzene rings is 1. The molecule has 0 bridgehead atoms. The molecule has 1 aliphatic rings. The molecule has 1 aromatic carbocycles. The second-order valence-corrected chi connectivity index (χ2v) is 4.99. The highest BCUT2D eigenvalue weighted by molar-refractivity contribution is 9.10. The van der Waals surface area contributed by atoms with Gasteiger partial charge in [-0.1, -0.05) is 28.1 Å². The van der Waals surface area contributed by atoms with Crippen LogP contribution in [0.2, 0.25) is 0 Å². The first-order chi connectivity index (χ1) is 8.22. The first-order valence-electron chi connectivity index (χ1n) is 5.74. The first kappa shape index (κ1) is 12.7. The molecule has 92 valence electrons. The van der Waals surface area contributed by atoms with E-state index in [0.29, 0.717) is 0 Å². The van der Waals surface area contributed by atoms with Gasteiger partial charge < -0.3 is 5.32 Å². The van der Waals surface area contributed by atoms with E-state index >= 15 is 0 Å². The van der Waals surface area contributed by atoms with Crippen molar-refractivity contribution in [3.8, 4) is 0 Å². The lowest BCUT2D eigenvalue weighted by molar-refractivity contribution is 0.203. The summed E-state index contributed by atoms with van der Waals surface area (Å²) in [5.74, 6) is -0.219. The average Bonchev–Trinajstić information content (AvgIpc) is 2.34. The molecule has 2 nitrogen and oxygen atoms in total. The SMILES string of the molecule is C=C[C@H](c1ccc(F)cc1Br)N1CCNCC1. The van der Waals surface area contributed by atoms with Crippen molar-refractivity contribution in [2.45, 2.75) is 6.04 Å². The molecule has 0 aliphatic carbocycles. The maximum Gasteiger partial charge on any atom is 0.124 e. The first-order valence-corrected chi connectivity index (χ1v) is 6.54. The minimum Gasteiger partial charge on any atom is -0.314 e. The van der Waals surface area contributed by atoms with E-state index in [0.717, 1.165) is 36.2 Å². The molecule has 1 N–H and O–H groups in total. The predicted octanol–water partition coefficient (Wildman–Crippen LogP) is 2.72. The molecule has 0 aromatic heterocycles. The standard InChI is InChI=1S/C13H16BrFN2/c1-2-13(17-7-5-16-6-8-17)11-4-3-10(15)9-12(11)14/h2-4,9,13,16H,1,5-8H2/t13-/m1/s1. The van der Waals surface area contributed by atoms with Crippen LogP contribution in [0.5, 0.6) is 0 Å². The molecule has 1 atom stereocenters. The molecular formula is C13H16BrFN2. The predicted molar refractivity (Wildman–Crippen MR) is 71.5 cm³/mol. The van der Waals surface area contributed by atoms with Gasteiger partial charge in [0.25, 0.3) is 0 Å². The van der Waals surface area contributed by atoms with Crippen molar-refractivity contribution >= 4 is 15.9 Å². The van der Waals surface area contributed by atoms with Crippen LogP contribution < -0.4 is 5.32 Å². The number of hydrogen-bond donors (Lipinski definition) is 1. The molecule has 1 heterocycles. The molecule has 0 spiro atoms. The van der Waals surface area contributed by atoms with Crippen LogP contribution in [0.1, 0.15) is 11.6 Å². The fraction of sp³-hybridized carbons (Fsp3) is 0.385. The van der Waals surface area contributed by atoms with E-state index in [1.165, 1.54) is 12.1 Å². The Morgan fingerprint density at radius 3 is 2.71 bits per heavy atom. The van der Waals surface area contributed by atoms with Gasteiger partial charge in [-0.15, -0.1) is 6.58 Å². The third-order valence-corrected chi connectivity index (χ3v) is 3.74. The van der Waals surface area contributed by atoms with Crippen LogP contribution in [0.4, 0.5) is 4.39 Å². The van der Waals surface area contributed by atoms with Crippen LogP contribution in [0.15, 0.2) is 35.3 Å². The minimum absolute atomic E-state index is 0.145. The topological polar surface area (TPSA) is 15.3 Å². The van der Waals surface area contributed by atoms with Gasteiger partial charge in [0.15, 0.2) is 0 Å². The third kappa shape index (κ3) is 2.94. The Balaban J connectivity index is 2.24. The molecular weight excluding hydrogens is 283 g/mol. The molecule has 0 unspecified atom stereocenters. The van der Waals surface area contributed by atoms with E-state index in [2.05, 4.69) is 32.7 Å². The Labute approximate surface area is 110 Å². The van der Waals surface area contributed by atoms with Crippen molar-refractivity contribution < 1.29 is 4.39 Å². The van der Waals surface area contributed by atoms with Gasteiger partial charge >= 0.3 is 0 Å². The number of piperazine rings is 1. The molecule has 1 aliphatic heterocycles. The van der Waals surface area contributed by atoms with E-state index in [-0.39, 0.29) is 11.9 Å². The highest BCUT2D eigenvalue weighted by Crippen LogP contribution is 2.29. The smallest absolute Gasteiger partial charge is 0.124 e. The largest absolute Gasteiger partial charge is 0.314 e. The number of nitrogens with one attached hydrogen (secondary N) is 1. The van der Waals surface area contributed by atoms with Crippen LogP contribution in [0.25, 0.3) is 0 Å². The lowest BCUT2D eigenvalue weighted by atomic mass is 10.0.